The van der Waals surface area contributed by atoms with Gasteiger partial charge in [-0.15, -0.1) is 24.8 Å². The summed E-state index contributed by atoms with van der Waals surface area (Å²) in [4.78, 5) is 16.5. The summed E-state index contributed by atoms with van der Waals surface area (Å²) in [7, 11) is 0. The fourth-order valence-electron chi connectivity index (χ4n) is 2.91. The van der Waals surface area contributed by atoms with Crippen LogP contribution in [-0.2, 0) is 11.3 Å². The minimum absolute atomic E-state index is 0. The van der Waals surface area contributed by atoms with E-state index in [4.69, 9.17) is 9.47 Å². The molecule has 1 atom stereocenters. The van der Waals surface area contributed by atoms with Crippen molar-refractivity contribution in [1.29, 1.82) is 0 Å². The molecule has 154 valence electrons. The molecule has 0 radical (unpaired) electrons. The molecule has 1 amide bonds. The lowest BCUT2D eigenvalue weighted by Crippen LogP contribution is -2.40. The van der Waals surface area contributed by atoms with Crippen molar-refractivity contribution < 1.29 is 14.3 Å². The number of aromatic nitrogens is 1. The zero-order valence-electron chi connectivity index (χ0n) is 15.8. The van der Waals surface area contributed by atoms with Crippen molar-refractivity contribution >= 4 is 30.7 Å². The third-order valence-electron chi connectivity index (χ3n) is 4.30. The van der Waals surface area contributed by atoms with Gasteiger partial charge in [-0.3, -0.25) is 4.79 Å². The minimum atomic E-state index is 0. The monoisotopic (exact) mass is 427 g/mol. The number of rotatable bonds is 7. The Morgan fingerprint density at radius 3 is 2.64 bits per heavy atom. The fraction of sp³-hybridized carbons (Fsp3) is 0.400. The summed E-state index contributed by atoms with van der Waals surface area (Å²) in [6.45, 7) is 4.74. The molecule has 1 aromatic heterocycles. The van der Waals surface area contributed by atoms with Crippen molar-refractivity contribution in [3.8, 4) is 17.4 Å². The smallest absolute Gasteiger partial charge is 0.224 e. The third kappa shape index (κ3) is 6.86. The third-order valence-corrected chi connectivity index (χ3v) is 4.30. The number of halogens is 2. The molecule has 0 spiro atoms. The van der Waals surface area contributed by atoms with Crippen LogP contribution in [-0.4, -0.2) is 30.6 Å². The van der Waals surface area contributed by atoms with Gasteiger partial charge in [0.2, 0.25) is 11.8 Å². The molecular weight excluding hydrogens is 401 g/mol. The van der Waals surface area contributed by atoms with Gasteiger partial charge in [-0.1, -0.05) is 18.2 Å². The second-order valence-corrected chi connectivity index (χ2v) is 6.25. The molecule has 8 heteroatoms. The van der Waals surface area contributed by atoms with Crippen LogP contribution >= 0.6 is 24.8 Å². The van der Waals surface area contributed by atoms with Crippen molar-refractivity contribution in [3.05, 3.63) is 48.2 Å². The maximum absolute atomic E-state index is 12.2. The standard InChI is InChI=1S/C20H25N3O3.2ClH/c1-2-25-17-7-3-4-8-18(17)26-19-10-9-15(12-22-19)13-23-20(24)16-6-5-11-21-14-16;;/h3-4,7-10,12,16,21H,2,5-6,11,13-14H2,1H3,(H,23,24);2*1H. The Hall–Kier alpha value is -2.02. The van der Waals surface area contributed by atoms with Gasteiger partial charge in [-0.25, -0.2) is 4.98 Å². The molecule has 2 N–H and O–H groups in total. The SMILES string of the molecule is CCOc1ccccc1Oc1ccc(CNC(=O)C2CCCNC2)cn1.Cl.Cl. The zero-order chi connectivity index (χ0) is 18.2. The fourth-order valence-corrected chi connectivity index (χ4v) is 2.91. The van der Waals surface area contributed by atoms with E-state index in [0.717, 1.165) is 31.5 Å². The number of hydrogen-bond donors (Lipinski definition) is 2. The first-order valence-electron chi connectivity index (χ1n) is 9.09. The number of hydrogen-bond acceptors (Lipinski definition) is 5. The van der Waals surface area contributed by atoms with Crippen LogP contribution in [0.25, 0.3) is 0 Å². The van der Waals surface area contributed by atoms with Crippen molar-refractivity contribution in [1.82, 2.24) is 15.6 Å². The molecule has 2 heterocycles. The van der Waals surface area contributed by atoms with Gasteiger partial charge in [0.15, 0.2) is 11.5 Å². The van der Waals surface area contributed by atoms with Crippen LogP contribution in [0.5, 0.6) is 17.4 Å². The van der Waals surface area contributed by atoms with E-state index >= 15 is 0 Å². The molecule has 2 aromatic rings. The lowest BCUT2D eigenvalue weighted by atomic mass is 9.99. The highest BCUT2D eigenvalue weighted by Crippen LogP contribution is 2.30. The first kappa shape index (κ1) is 24.0. The summed E-state index contributed by atoms with van der Waals surface area (Å²) in [6.07, 6.45) is 3.72. The highest BCUT2D eigenvalue weighted by atomic mass is 35.5. The van der Waals surface area contributed by atoms with Gasteiger partial charge in [0, 0.05) is 25.4 Å². The summed E-state index contributed by atoms with van der Waals surface area (Å²) >= 11 is 0. The number of benzene rings is 1. The van der Waals surface area contributed by atoms with Crippen molar-refractivity contribution in [2.45, 2.75) is 26.3 Å². The summed E-state index contributed by atoms with van der Waals surface area (Å²) in [6, 6.07) is 11.2. The summed E-state index contributed by atoms with van der Waals surface area (Å²) < 4.78 is 11.4. The van der Waals surface area contributed by atoms with Gasteiger partial charge in [0.05, 0.1) is 12.5 Å². The summed E-state index contributed by atoms with van der Waals surface area (Å²) in [5.41, 5.74) is 0.938. The van der Waals surface area contributed by atoms with Crippen LogP contribution in [0.3, 0.4) is 0 Å². The molecule has 1 aliphatic heterocycles. The number of carbonyl (C=O) groups is 1. The van der Waals surface area contributed by atoms with Gasteiger partial charge < -0.3 is 20.1 Å². The lowest BCUT2D eigenvalue weighted by Gasteiger charge is -2.21. The second kappa shape index (κ2) is 12.4. The molecule has 6 nitrogen and oxygen atoms in total. The zero-order valence-corrected chi connectivity index (χ0v) is 17.5. The molecule has 1 fully saturated rings. The normalized spacial score (nSPS) is 15.5. The van der Waals surface area contributed by atoms with Crippen LogP contribution in [0.1, 0.15) is 25.3 Å². The topological polar surface area (TPSA) is 72.5 Å². The number of pyridine rings is 1. The van der Waals surface area contributed by atoms with Crippen molar-refractivity contribution in [3.63, 3.8) is 0 Å². The molecule has 0 aliphatic carbocycles. The highest BCUT2D eigenvalue weighted by molar-refractivity contribution is 5.85. The Labute approximate surface area is 178 Å². The van der Waals surface area contributed by atoms with Gasteiger partial charge >= 0.3 is 0 Å². The largest absolute Gasteiger partial charge is 0.490 e. The first-order chi connectivity index (χ1) is 12.8. The van der Waals surface area contributed by atoms with Crippen LogP contribution in [0, 0.1) is 5.92 Å². The predicted molar refractivity (Wildman–Crippen MR) is 114 cm³/mol. The molecule has 1 saturated heterocycles. The Bertz CT molecular complexity index is 723. The molecule has 3 rings (SSSR count). The second-order valence-electron chi connectivity index (χ2n) is 6.25. The Morgan fingerprint density at radius 2 is 2.00 bits per heavy atom. The van der Waals surface area contributed by atoms with E-state index in [1.165, 1.54) is 0 Å². The molecule has 1 aromatic carbocycles. The van der Waals surface area contributed by atoms with Crippen molar-refractivity contribution in [2.24, 2.45) is 5.92 Å². The Morgan fingerprint density at radius 1 is 1.21 bits per heavy atom. The summed E-state index contributed by atoms with van der Waals surface area (Å²) in [5.74, 6) is 1.98. The Kier molecular flexibility index (Phi) is 10.7. The summed E-state index contributed by atoms with van der Waals surface area (Å²) in [5, 5.41) is 6.24. The number of ether oxygens (including phenoxy) is 2. The van der Waals surface area contributed by atoms with E-state index in [1.807, 2.05) is 37.3 Å². The minimum Gasteiger partial charge on any atom is -0.490 e. The van der Waals surface area contributed by atoms with Gasteiger partial charge in [0.25, 0.3) is 0 Å². The van der Waals surface area contributed by atoms with Crippen LogP contribution < -0.4 is 20.1 Å². The van der Waals surface area contributed by atoms with Gasteiger partial charge in [-0.2, -0.15) is 0 Å². The van der Waals surface area contributed by atoms with Gasteiger partial charge in [-0.05, 0) is 44.0 Å². The van der Waals surface area contributed by atoms with Crippen LogP contribution in [0.2, 0.25) is 0 Å². The van der Waals surface area contributed by atoms with E-state index < -0.39 is 0 Å². The molecule has 1 aliphatic rings. The maximum atomic E-state index is 12.2. The van der Waals surface area contributed by atoms with E-state index in [2.05, 4.69) is 15.6 Å². The quantitative estimate of drug-likeness (QED) is 0.703. The number of para-hydroxylation sites is 2. The number of carbonyl (C=O) groups excluding carboxylic acids is 1. The lowest BCUT2D eigenvalue weighted by molar-refractivity contribution is -0.125. The predicted octanol–water partition coefficient (Wildman–Crippen LogP) is 3.73. The van der Waals surface area contributed by atoms with E-state index in [9.17, 15) is 4.79 Å². The van der Waals surface area contributed by atoms with Gasteiger partial charge in [0.1, 0.15) is 0 Å². The number of nitrogens with zero attached hydrogens (tertiary/aromatic N) is 1. The number of piperidine rings is 1. The highest BCUT2D eigenvalue weighted by Gasteiger charge is 2.20. The van der Waals surface area contributed by atoms with Crippen molar-refractivity contribution in [2.75, 3.05) is 19.7 Å². The molecule has 1 unspecified atom stereocenters. The number of amides is 1. The molecular formula is C20H27Cl2N3O3. The molecule has 0 bridgehead atoms. The molecule has 28 heavy (non-hydrogen) atoms. The maximum Gasteiger partial charge on any atom is 0.224 e. The first-order valence-corrected chi connectivity index (χ1v) is 9.09. The average molecular weight is 428 g/mol. The van der Waals surface area contributed by atoms with E-state index in [-0.39, 0.29) is 36.6 Å². The van der Waals surface area contributed by atoms with E-state index in [0.29, 0.717) is 30.5 Å². The number of nitrogens with one attached hydrogen (secondary N) is 2. The average Bonchev–Trinajstić information content (AvgIpc) is 2.69. The van der Waals surface area contributed by atoms with Crippen LogP contribution in [0.4, 0.5) is 0 Å². The Balaban J connectivity index is 0.00000196. The van der Waals surface area contributed by atoms with Crippen LogP contribution in [0.15, 0.2) is 42.6 Å². The molecule has 0 saturated carbocycles. The van der Waals surface area contributed by atoms with E-state index in [1.54, 1.807) is 12.3 Å².